The molecule has 1 amide bonds. The van der Waals surface area contributed by atoms with E-state index in [9.17, 15) is 4.79 Å². The lowest BCUT2D eigenvalue weighted by Gasteiger charge is -2.16. The second kappa shape index (κ2) is 9.71. The minimum Gasteiger partial charge on any atom is -0.340 e. The SMILES string of the molecule is CCCCN(C)C(=O)c1nc2ccccn2c1CNCCc1ccccc1Cl. The van der Waals surface area contributed by atoms with Gasteiger partial charge in [-0.25, -0.2) is 4.98 Å². The van der Waals surface area contributed by atoms with Gasteiger partial charge < -0.3 is 14.6 Å². The highest BCUT2D eigenvalue weighted by molar-refractivity contribution is 6.31. The molecule has 1 aromatic carbocycles. The first-order chi connectivity index (χ1) is 13.6. The van der Waals surface area contributed by atoms with E-state index in [1.807, 2.05) is 60.1 Å². The fourth-order valence-corrected chi connectivity index (χ4v) is 3.43. The zero-order chi connectivity index (χ0) is 19.9. The molecule has 0 aliphatic heterocycles. The molecule has 0 spiro atoms. The number of hydrogen-bond donors (Lipinski definition) is 1. The van der Waals surface area contributed by atoms with Crippen LogP contribution < -0.4 is 5.32 Å². The predicted octanol–water partition coefficient (Wildman–Crippen LogP) is 4.19. The van der Waals surface area contributed by atoms with Gasteiger partial charge in [0.05, 0.1) is 5.69 Å². The normalized spacial score (nSPS) is 11.1. The van der Waals surface area contributed by atoms with Gasteiger partial charge in [-0.2, -0.15) is 0 Å². The summed E-state index contributed by atoms with van der Waals surface area (Å²) in [6.07, 6.45) is 4.83. The average Bonchev–Trinajstić information content (AvgIpc) is 3.08. The number of hydrogen-bond acceptors (Lipinski definition) is 3. The molecule has 148 valence electrons. The van der Waals surface area contributed by atoms with Crippen molar-refractivity contribution in [1.82, 2.24) is 19.6 Å². The monoisotopic (exact) mass is 398 g/mol. The molecule has 3 aromatic rings. The maximum atomic E-state index is 12.9. The van der Waals surface area contributed by atoms with E-state index in [0.717, 1.165) is 54.3 Å². The Morgan fingerprint density at radius 1 is 1.21 bits per heavy atom. The number of benzene rings is 1. The Kier molecular flexibility index (Phi) is 7.06. The topological polar surface area (TPSA) is 49.6 Å². The van der Waals surface area contributed by atoms with Gasteiger partial charge in [0.25, 0.3) is 5.91 Å². The largest absolute Gasteiger partial charge is 0.340 e. The van der Waals surface area contributed by atoms with E-state index in [0.29, 0.717) is 12.2 Å². The van der Waals surface area contributed by atoms with Crippen molar-refractivity contribution in [2.45, 2.75) is 32.7 Å². The first-order valence-corrected chi connectivity index (χ1v) is 10.1. The number of halogens is 1. The third-order valence-corrected chi connectivity index (χ3v) is 5.22. The standard InChI is InChI=1S/C22H27ClN4O/c1-3-4-14-26(2)22(28)21-19(27-15-8-7-11-20(27)25-21)16-24-13-12-17-9-5-6-10-18(17)23/h5-11,15,24H,3-4,12-14,16H2,1-2H3. The van der Waals surface area contributed by atoms with E-state index in [-0.39, 0.29) is 5.91 Å². The number of rotatable bonds is 9. The van der Waals surface area contributed by atoms with Crippen LogP contribution in [0, 0.1) is 0 Å². The van der Waals surface area contributed by atoms with Crippen LogP contribution in [-0.2, 0) is 13.0 Å². The molecule has 0 aliphatic carbocycles. The molecule has 6 heteroatoms. The van der Waals surface area contributed by atoms with E-state index in [2.05, 4.69) is 17.2 Å². The third-order valence-electron chi connectivity index (χ3n) is 4.85. The molecule has 1 N–H and O–H groups in total. The summed E-state index contributed by atoms with van der Waals surface area (Å²) in [6, 6.07) is 13.7. The van der Waals surface area contributed by atoms with E-state index < -0.39 is 0 Å². The molecule has 2 heterocycles. The van der Waals surface area contributed by atoms with E-state index in [1.165, 1.54) is 0 Å². The molecule has 0 unspecified atom stereocenters. The Morgan fingerprint density at radius 2 is 2.00 bits per heavy atom. The highest BCUT2D eigenvalue weighted by Crippen LogP contribution is 2.16. The molecular weight excluding hydrogens is 372 g/mol. The Hall–Kier alpha value is -2.37. The van der Waals surface area contributed by atoms with Crippen LogP contribution in [0.3, 0.4) is 0 Å². The van der Waals surface area contributed by atoms with Gasteiger partial charge in [0.2, 0.25) is 0 Å². The van der Waals surface area contributed by atoms with Crippen molar-refractivity contribution in [1.29, 1.82) is 0 Å². The maximum absolute atomic E-state index is 12.9. The maximum Gasteiger partial charge on any atom is 0.274 e. The second-order valence-electron chi connectivity index (χ2n) is 6.93. The molecule has 0 bridgehead atoms. The molecule has 5 nitrogen and oxygen atoms in total. The highest BCUT2D eigenvalue weighted by Gasteiger charge is 2.21. The van der Waals surface area contributed by atoms with Crippen LogP contribution in [0.25, 0.3) is 5.65 Å². The Labute approximate surface area is 171 Å². The first-order valence-electron chi connectivity index (χ1n) is 9.77. The molecule has 0 saturated carbocycles. The zero-order valence-corrected chi connectivity index (χ0v) is 17.2. The van der Waals surface area contributed by atoms with Gasteiger partial charge in [-0.05, 0) is 43.1 Å². The number of fused-ring (bicyclic) bond motifs is 1. The molecule has 0 fully saturated rings. The van der Waals surface area contributed by atoms with Crippen LogP contribution in [0.4, 0.5) is 0 Å². The zero-order valence-electron chi connectivity index (χ0n) is 16.5. The van der Waals surface area contributed by atoms with Crippen molar-refractivity contribution in [3.63, 3.8) is 0 Å². The van der Waals surface area contributed by atoms with Crippen molar-refractivity contribution < 1.29 is 4.79 Å². The summed E-state index contributed by atoms with van der Waals surface area (Å²) < 4.78 is 1.99. The van der Waals surface area contributed by atoms with E-state index in [1.54, 1.807) is 4.90 Å². The summed E-state index contributed by atoms with van der Waals surface area (Å²) in [5.74, 6) is -0.0277. The number of pyridine rings is 1. The van der Waals surface area contributed by atoms with Crippen LogP contribution in [-0.4, -0.2) is 40.3 Å². The van der Waals surface area contributed by atoms with Gasteiger partial charge in [0, 0.05) is 31.4 Å². The fraction of sp³-hybridized carbons (Fsp3) is 0.364. The van der Waals surface area contributed by atoms with Crippen LogP contribution >= 0.6 is 11.6 Å². The number of carbonyl (C=O) groups excluding carboxylic acids is 1. The number of nitrogens with one attached hydrogen (secondary N) is 1. The summed E-state index contributed by atoms with van der Waals surface area (Å²) >= 11 is 6.23. The van der Waals surface area contributed by atoms with Crippen molar-refractivity contribution >= 4 is 23.2 Å². The molecule has 28 heavy (non-hydrogen) atoms. The van der Waals surface area contributed by atoms with Gasteiger partial charge in [-0.15, -0.1) is 0 Å². The number of imidazole rings is 1. The van der Waals surface area contributed by atoms with Crippen LogP contribution in [0.1, 0.15) is 41.5 Å². The van der Waals surface area contributed by atoms with Crippen molar-refractivity contribution in [2.24, 2.45) is 0 Å². The van der Waals surface area contributed by atoms with Crippen LogP contribution in [0.15, 0.2) is 48.7 Å². The smallest absolute Gasteiger partial charge is 0.274 e. The van der Waals surface area contributed by atoms with Gasteiger partial charge in [0.1, 0.15) is 5.65 Å². The third kappa shape index (κ3) is 4.72. The molecular formula is C22H27ClN4O. The number of amides is 1. The lowest BCUT2D eigenvalue weighted by atomic mass is 10.1. The fourth-order valence-electron chi connectivity index (χ4n) is 3.20. The molecule has 0 saturated heterocycles. The lowest BCUT2D eigenvalue weighted by molar-refractivity contribution is 0.0787. The van der Waals surface area contributed by atoms with Crippen LogP contribution in [0.2, 0.25) is 5.02 Å². The van der Waals surface area contributed by atoms with Crippen molar-refractivity contribution in [3.8, 4) is 0 Å². The lowest BCUT2D eigenvalue weighted by Crippen LogP contribution is -2.30. The van der Waals surface area contributed by atoms with Crippen molar-refractivity contribution in [3.05, 3.63) is 70.6 Å². The number of nitrogens with zero attached hydrogens (tertiary/aromatic N) is 3. The highest BCUT2D eigenvalue weighted by atomic mass is 35.5. The minimum absolute atomic E-state index is 0.0277. The van der Waals surface area contributed by atoms with Crippen LogP contribution in [0.5, 0.6) is 0 Å². The Bertz CT molecular complexity index is 937. The number of unbranched alkanes of at least 4 members (excludes halogenated alkanes) is 1. The van der Waals surface area contributed by atoms with E-state index >= 15 is 0 Å². The first kappa shape index (κ1) is 20.4. The molecule has 0 aliphatic rings. The minimum atomic E-state index is -0.0277. The van der Waals surface area contributed by atoms with E-state index in [4.69, 9.17) is 11.6 Å². The summed E-state index contributed by atoms with van der Waals surface area (Å²) in [4.78, 5) is 19.3. The van der Waals surface area contributed by atoms with Gasteiger partial charge in [-0.3, -0.25) is 4.79 Å². The quantitative estimate of drug-likeness (QED) is 0.550. The molecule has 3 rings (SSSR count). The molecule has 0 radical (unpaired) electrons. The van der Waals surface area contributed by atoms with Crippen molar-refractivity contribution in [2.75, 3.05) is 20.1 Å². The Morgan fingerprint density at radius 3 is 2.79 bits per heavy atom. The number of aromatic nitrogens is 2. The predicted molar refractivity (Wildman–Crippen MR) is 114 cm³/mol. The van der Waals surface area contributed by atoms with Gasteiger partial charge in [0.15, 0.2) is 5.69 Å². The van der Waals surface area contributed by atoms with Gasteiger partial charge >= 0.3 is 0 Å². The summed E-state index contributed by atoms with van der Waals surface area (Å²) in [6.45, 7) is 4.20. The average molecular weight is 399 g/mol. The molecule has 2 aromatic heterocycles. The Balaban J connectivity index is 1.73. The summed E-state index contributed by atoms with van der Waals surface area (Å²) in [5.41, 5.74) is 3.32. The summed E-state index contributed by atoms with van der Waals surface area (Å²) in [5, 5.41) is 4.23. The number of carbonyl (C=O) groups is 1. The van der Waals surface area contributed by atoms with Gasteiger partial charge in [-0.1, -0.05) is 49.2 Å². The summed E-state index contributed by atoms with van der Waals surface area (Å²) in [7, 11) is 1.84. The molecule has 0 atom stereocenters. The second-order valence-corrected chi connectivity index (χ2v) is 7.34.